The summed E-state index contributed by atoms with van der Waals surface area (Å²) in [5.41, 5.74) is -0.868. The van der Waals surface area contributed by atoms with E-state index in [0.29, 0.717) is 26.1 Å². The highest BCUT2D eigenvalue weighted by Gasteiger charge is 2.38. The zero-order valence-corrected chi connectivity index (χ0v) is 14.5. The summed E-state index contributed by atoms with van der Waals surface area (Å²) in [6, 6.07) is 0. The van der Waals surface area contributed by atoms with Gasteiger partial charge >= 0.3 is 6.09 Å². The summed E-state index contributed by atoms with van der Waals surface area (Å²) in [5.74, 6) is -0.0361. The summed E-state index contributed by atoms with van der Waals surface area (Å²) in [6.45, 7) is 9.22. The van der Waals surface area contributed by atoms with Crippen LogP contribution in [-0.4, -0.2) is 54.8 Å². The Labute approximate surface area is 133 Å². The fourth-order valence-corrected chi connectivity index (χ4v) is 2.57. The molecule has 22 heavy (non-hydrogen) atoms. The van der Waals surface area contributed by atoms with Crippen LogP contribution in [0.15, 0.2) is 0 Å². The van der Waals surface area contributed by atoms with E-state index < -0.39 is 5.60 Å². The molecule has 0 spiro atoms. The Morgan fingerprint density at radius 1 is 1.32 bits per heavy atom. The number of likely N-dealkylation sites (tertiary alicyclic amines) is 1. The molecule has 2 amide bonds. The van der Waals surface area contributed by atoms with Crippen LogP contribution in [0.25, 0.3) is 0 Å². The van der Waals surface area contributed by atoms with Crippen molar-refractivity contribution in [2.75, 3.05) is 26.7 Å². The van der Waals surface area contributed by atoms with Gasteiger partial charge < -0.3 is 19.7 Å². The predicted molar refractivity (Wildman–Crippen MR) is 84.7 cm³/mol. The normalized spacial score (nSPS) is 22.3. The van der Waals surface area contributed by atoms with Crippen LogP contribution < -0.4 is 5.32 Å². The van der Waals surface area contributed by atoms with Gasteiger partial charge in [0, 0.05) is 20.0 Å². The van der Waals surface area contributed by atoms with Gasteiger partial charge in [-0.05, 0) is 40.0 Å². The molecular weight excluding hydrogens is 284 g/mol. The summed E-state index contributed by atoms with van der Waals surface area (Å²) in [6.07, 6.45) is 2.63. The lowest BCUT2D eigenvalue weighted by Crippen LogP contribution is -2.52. The number of ether oxygens (including phenoxy) is 2. The Balaban J connectivity index is 2.60. The number of rotatable bonds is 5. The first kappa shape index (κ1) is 18.7. The molecule has 6 heteroatoms. The largest absolute Gasteiger partial charge is 0.444 e. The molecular formula is C16H30N2O4. The summed E-state index contributed by atoms with van der Waals surface area (Å²) in [7, 11) is 1.61. The highest BCUT2D eigenvalue weighted by atomic mass is 16.6. The van der Waals surface area contributed by atoms with Crippen molar-refractivity contribution >= 4 is 12.0 Å². The summed E-state index contributed by atoms with van der Waals surface area (Å²) in [4.78, 5) is 25.2. The van der Waals surface area contributed by atoms with E-state index in [9.17, 15) is 9.59 Å². The number of hydrogen-bond acceptors (Lipinski definition) is 4. The van der Waals surface area contributed by atoms with Crippen molar-refractivity contribution in [3.8, 4) is 0 Å². The Morgan fingerprint density at radius 2 is 2.00 bits per heavy atom. The molecule has 6 nitrogen and oxygen atoms in total. The molecule has 1 rings (SSSR count). The smallest absolute Gasteiger partial charge is 0.410 e. The standard InChI is InChI=1S/C16H30N2O4/c1-6-16(21-11-8-13(19)17-5)9-7-10-18(12-16)14(20)22-15(2,3)4/h6-12H2,1-5H3,(H,17,19). The third-order valence-corrected chi connectivity index (χ3v) is 3.85. The van der Waals surface area contributed by atoms with Gasteiger partial charge in [0.15, 0.2) is 0 Å². The number of nitrogens with zero attached hydrogens (tertiary/aromatic N) is 1. The van der Waals surface area contributed by atoms with Gasteiger partial charge in [0.05, 0.1) is 18.8 Å². The number of hydrogen-bond donors (Lipinski definition) is 1. The summed E-state index contributed by atoms with van der Waals surface area (Å²) >= 11 is 0. The zero-order valence-electron chi connectivity index (χ0n) is 14.5. The quantitative estimate of drug-likeness (QED) is 0.845. The fraction of sp³-hybridized carbons (Fsp3) is 0.875. The van der Waals surface area contributed by atoms with Gasteiger partial charge in [-0.3, -0.25) is 4.79 Å². The fourth-order valence-electron chi connectivity index (χ4n) is 2.57. The van der Waals surface area contributed by atoms with Crippen LogP contribution >= 0.6 is 0 Å². The molecule has 0 radical (unpaired) electrons. The number of amides is 2. The van der Waals surface area contributed by atoms with Crippen LogP contribution in [0.5, 0.6) is 0 Å². The lowest BCUT2D eigenvalue weighted by molar-refractivity contribution is -0.126. The second-order valence-electron chi connectivity index (χ2n) is 6.81. The molecule has 0 aromatic carbocycles. The molecule has 1 unspecified atom stereocenters. The van der Waals surface area contributed by atoms with Crippen molar-refractivity contribution in [1.29, 1.82) is 0 Å². The second-order valence-corrected chi connectivity index (χ2v) is 6.81. The molecule has 0 aromatic heterocycles. The van der Waals surface area contributed by atoms with Crippen molar-refractivity contribution < 1.29 is 19.1 Å². The van der Waals surface area contributed by atoms with E-state index in [2.05, 4.69) is 12.2 Å². The molecule has 0 aliphatic carbocycles. The van der Waals surface area contributed by atoms with Gasteiger partial charge in [-0.1, -0.05) is 6.92 Å². The Bertz CT molecular complexity index is 392. The van der Waals surface area contributed by atoms with E-state index in [1.54, 1.807) is 11.9 Å². The van der Waals surface area contributed by atoms with Crippen LogP contribution in [0.4, 0.5) is 4.79 Å². The third-order valence-electron chi connectivity index (χ3n) is 3.85. The van der Waals surface area contributed by atoms with Crippen molar-refractivity contribution in [2.24, 2.45) is 0 Å². The minimum Gasteiger partial charge on any atom is -0.444 e. The molecule has 0 aromatic rings. The first-order chi connectivity index (χ1) is 10.2. The summed E-state index contributed by atoms with van der Waals surface area (Å²) < 4.78 is 11.4. The van der Waals surface area contributed by atoms with Gasteiger partial charge in [0.2, 0.25) is 5.91 Å². The minimum atomic E-state index is -0.497. The van der Waals surface area contributed by atoms with Crippen molar-refractivity contribution in [3.05, 3.63) is 0 Å². The van der Waals surface area contributed by atoms with Gasteiger partial charge in [0.1, 0.15) is 5.60 Å². The molecule has 128 valence electrons. The first-order valence-electron chi connectivity index (χ1n) is 8.04. The van der Waals surface area contributed by atoms with Crippen LogP contribution in [-0.2, 0) is 14.3 Å². The van der Waals surface area contributed by atoms with Crippen LogP contribution in [0.1, 0.15) is 53.4 Å². The SMILES string of the molecule is CCC1(OCCC(=O)NC)CCCN(C(=O)OC(C)(C)C)C1. The maximum atomic E-state index is 12.2. The zero-order chi connectivity index (χ0) is 16.8. The molecule has 0 saturated carbocycles. The Hall–Kier alpha value is -1.30. The topological polar surface area (TPSA) is 67.9 Å². The predicted octanol–water partition coefficient (Wildman–Crippen LogP) is 2.32. The van der Waals surface area contributed by atoms with E-state index in [-0.39, 0.29) is 17.6 Å². The molecule has 1 N–H and O–H groups in total. The van der Waals surface area contributed by atoms with Gasteiger partial charge in [-0.25, -0.2) is 4.79 Å². The van der Waals surface area contributed by atoms with E-state index in [4.69, 9.17) is 9.47 Å². The van der Waals surface area contributed by atoms with Crippen molar-refractivity contribution in [3.63, 3.8) is 0 Å². The number of carbonyl (C=O) groups excluding carboxylic acids is 2. The molecule has 0 bridgehead atoms. The molecule has 1 aliphatic rings. The average molecular weight is 314 g/mol. The third kappa shape index (κ3) is 5.83. The van der Waals surface area contributed by atoms with Crippen molar-refractivity contribution in [2.45, 2.75) is 64.6 Å². The Kier molecular flexibility index (Phi) is 6.66. The van der Waals surface area contributed by atoms with E-state index in [1.165, 1.54) is 0 Å². The Morgan fingerprint density at radius 3 is 2.55 bits per heavy atom. The lowest BCUT2D eigenvalue weighted by atomic mass is 9.90. The highest BCUT2D eigenvalue weighted by molar-refractivity contribution is 5.75. The maximum Gasteiger partial charge on any atom is 0.410 e. The molecule has 1 atom stereocenters. The highest BCUT2D eigenvalue weighted by Crippen LogP contribution is 2.29. The molecule has 1 heterocycles. The monoisotopic (exact) mass is 314 g/mol. The number of nitrogens with one attached hydrogen (secondary N) is 1. The second kappa shape index (κ2) is 7.81. The lowest BCUT2D eigenvalue weighted by Gasteiger charge is -2.42. The molecule has 1 saturated heterocycles. The molecule has 1 aliphatic heterocycles. The van der Waals surface area contributed by atoms with E-state index >= 15 is 0 Å². The minimum absolute atomic E-state index is 0.0361. The summed E-state index contributed by atoms with van der Waals surface area (Å²) in [5, 5.41) is 2.58. The van der Waals surface area contributed by atoms with Crippen LogP contribution in [0.2, 0.25) is 0 Å². The number of carbonyl (C=O) groups is 2. The first-order valence-corrected chi connectivity index (χ1v) is 8.04. The average Bonchev–Trinajstić information content (AvgIpc) is 2.45. The van der Waals surface area contributed by atoms with E-state index in [1.807, 2.05) is 20.8 Å². The van der Waals surface area contributed by atoms with Crippen molar-refractivity contribution in [1.82, 2.24) is 10.2 Å². The number of piperidine rings is 1. The molecule has 1 fully saturated rings. The van der Waals surface area contributed by atoms with Gasteiger partial charge in [0.25, 0.3) is 0 Å². The van der Waals surface area contributed by atoms with Crippen LogP contribution in [0.3, 0.4) is 0 Å². The maximum absolute atomic E-state index is 12.2. The van der Waals surface area contributed by atoms with Gasteiger partial charge in [-0.15, -0.1) is 0 Å². The van der Waals surface area contributed by atoms with Gasteiger partial charge in [-0.2, -0.15) is 0 Å². The van der Waals surface area contributed by atoms with E-state index in [0.717, 1.165) is 19.3 Å². The van der Waals surface area contributed by atoms with Crippen LogP contribution in [0, 0.1) is 0 Å².